The highest BCUT2D eigenvalue weighted by Gasteiger charge is 2.10. The maximum Gasteiger partial charge on any atom is 0.148 e. The molecule has 0 aliphatic heterocycles. The van der Waals surface area contributed by atoms with E-state index >= 15 is 0 Å². The van der Waals surface area contributed by atoms with Gasteiger partial charge >= 0.3 is 0 Å². The average molecular weight is 213 g/mol. The first kappa shape index (κ1) is 10.1. The molecule has 78 valence electrons. The third-order valence-electron chi connectivity index (χ3n) is 2.19. The van der Waals surface area contributed by atoms with Crippen LogP contribution in [0.1, 0.15) is 5.69 Å². The van der Waals surface area contributed by atoms with Crippen LogP contribution in [0, 0.1) is 17.1 Å². The van der Waals surface area contributed by atoms with Crippen LogP contribution in [0.15, 0.2) is 36.5 Å². The third-order valence-corrected chi connectivity index (χ3v) is 2.19. The second kappa shape index (κ2) is 3.99. The molecule has 0 aliphatic rings. The minimum absolute atomic E-state index is 0.187. The number of pyridine rings is 1. The number of halogens is 1. The maximum absolute atomic E-state index is 13.6. The van der Waals surface area contributed by atoms with Crippen molar-refractivity contribution in [3.8, 4) is 17.2 Å². The Morgan fingerprint density at radius 1 is 1.25 bits per heavy atom. The molecule has 2 aromatic rings. The minimum atomic E-state index is -0.418. The van der Waals surface area contributed by atoms with Crippen molar-refractivity contribution in [2.75, 3.05) is 5.73 Å². The molecule has 0 bridgehead atoms. The molecule has 16 heavy (non-hydrogen) atoms. The average Bonchev–Trinajstić information content (AvgIpc) is 2.32. The number of nitrogens with zero attached hydrogens (tertiary/aromatic N) is 2. The first-order chi connectivity index (χ1) is 7.72. The molecule has 1 aromatic heterocycles. The van der Waals surface area contributed by atoms with E-state index in [9.17, 15) is 4.39 Å². The lowest BCUT2D eigenvalue weighted by Crippen LogP contribution is -1.93. The van der Waals surface area contributed by atoms with Crippen molar-refractivity contribution in [2.24, 2.45) is 0 Å². The van der Waals surface area contributed by atoms with E-state index in [2.05, 4.69) is 4.98 Å². The number of hydrogen-bond donors (Lipinski definition) is 1. The largest absolute Gasteiger partial charge is 0.399 e. The van der Waals surface area contributed by atoms with E-state index in [1.807, 2.05) is 6.07 Å². The first-order valence-electron chi connectivity index (χ1n) is 4.63. The van der Waals surface area contributed by atoms with Crippen LogP contribution < -0.4 is 5.73 Å². The van der Waals surface area contributed by atoms with Crippen molar-refractivity contribution in [1.82, 2.24) is 4.98 Å². The van der Waals surface area contributed by atoms with Crippen LogP contribution in [0.5, 0.6) is 0 Å². The van der Waals surface area contributed by atoms with Gasteiger partial charge in [0.2, 0.25) is 0 Å². The predicted molar refractivity (Wildman–Crippen MR) is 58.8 cm³/mol. The van der Waals surface area contributed by atoms with Crippen molar-refractivity contribution in [1.29, 1.82) is 5.26 Å². The Labute approximate surface area is 92.0 Å². The van der Waals surface area contributed by atoms with Crippen molar-refractivity contribution in [2.45, 2.75) is 0 Å². The standard InChI is InChI=1S/C12H8FN3/c13-11-4-3-8(15)6-10(11)9-2-1-5-16-12(9)7-14/h1-6H,15H2. The van der Waals surface area contributed by atoms with Gasteiger partial charge in [-0.25, -0.2) is 9.37 Å². The molecule has 0 radical (unpaired) electrons. The fourth-order valence-corrected chi connectivity index (χ4v) is 1.46. The van der Waals surface area contributed by atoms with Crippen LogP contribution in [0.2, 0.25) is 0 Å². The Morgan fingerprint density at radius 2 is 2.06 bits per heavy atom. The molecule has 4 heteroatoms. The summed E-state index contributed by atoms with van der Waals surface area (Å²) >= 11 is 0. The molecule has 1 aromatic carbocycles. The second-order valence-corrected chi connectivity index (χ2v) is 3.25. The van der Waals surface area contributed by atoms with Crippen LogP contribution >= 0.6 is 0 Å². The zero-order chi connectivity index (χ0) is 11.5. The number of nitriles is 1. The summed E-state index contributed by atoms with van der Waals surface area (Å²) < 4.78 is 13.6. The van der Waals surface area contributed by atoms with Crippen molar-refractivity contribution in [3.05, 3.63) is 48.0 Å². The maximum atomic E-state index is 13.6. The number of nitrogen functional groups attached to an aromatic ring is 1. The third kappa shape index (κ3) is 1.71. The summed E-state index contributed by atoms with van der Waals surface area (Å²) in [6.45, 7) is 0. The Bertz CT molecular complexity index is 573. The number of hydrogen-bond acceptors (Lipinski definition) is 3. The van der Waals surface area contributed by atoms with E-state index in [4.69, 9.17) is 11.0 Å². The molecule has 0 saturated carbocycles. The van der Waals surface area contributed by atoms with Gasteiger partial charge in [0.05, 0.1) is 0 Å². The van der Waals surface area contributed by atoms with Gasteiger partial charge in [-0.3, -0.25) is 0 Å². The van der Waals surface area contributed by atoms with E-state index < -0.39 is 5.82 Å². The fraction of sp³-hybridized carbons (Fsp3) is 0. The Morgan fingerprint density at radius 3 is 2.81 bits per heavy atom. The van der Waals surface area contributed by atoms with E-state index in [1.54, 1.807) is 12.1 Å². The summed E-state index contributed by atoms with van der Waals surface area (Å²) in [6.07, 6.45) is 1.49. The molecule has 0 atom stereocenters. The summed E-state index contributed by atoms with van der Waals surface area (Å²) in [5.74, 6) is -0.418. The molecule has 2 N–H and O–H groups in total. The lowest BCUT2D eigenvalue weighted by Gasteiger charge is -2.05. The highest BCUT2D eigenvalue weighted by molar-refractivity contribution is 5.71. The Balaban J connectivity index is 2.68. The first-order valence-corrected chi connectivity index (χ1v) is 4.63. The molecule has 0 unspecified atom stereocenters. The van der Waals surface area contributed by atoms with Crippen molar-refractivity contribution >= 4 is 5.69 Å². The van der Waals surface area contributed by atoms with Gasteiger partial charge in [-0.2, -0.15) is 5.26 Å². The summed E-state index contributed by atoms with van der Waals surface area (Å²) in [6, 6.07) is 9.46. The molecule has 0 saturated heterocycles. The Kier molecular flexibility index (Phi) is 2.52. The number of anilines is 1. The predicted octanol–water partition coefficient (Wildman–Crippen LogP) is 2.34. The van der Waals surface area contributed by atoms with E-state index in [0.29, 0.717) is 16.8 Å². The van der Waals surface area contributed by atoms with Crippen LogP contribution in [0.4, 0.5) is 10.1 Å². The zero-order valence-corrected chi connectivity index (χ0v) is 8.31. The molecule has 3 nitrogen and oxygen atoms in total. The number of benzene rings is 1. The summed E-state index contributed by atoms with van der Waals surface area (Å²) in [7, 11) is 0. The molecular weight excluding hydrogens is 205 g/mol. The summed E-state index contributed by atoms with van der Waals surface area (Å²) in [5, 5.41) is 8.87. The van der Waals surface area contributed by atoms with Gasteiger partial charge < -0.3 is 5.73 Å². The van der Waals surface area contributed by atoms with Gasteiger partial charge in [-0.05, 0) is 30.3 Å². The van der Waals surface area contributed by atoms with E-state index in [-0.39, 0.29) is 5.69 Å². The molecule has 0 aliphatic carbocycles. The summed E-state index contributed by atoms with van der Waals surface area (Å²) in [5.41, 5.74) is 6.97. The molecule has 2 rings (SSSR count). The topological polar surface area (TPSA) is 62.7 Å². The number of nitrogens with two attached hydrogens (primary N) is 1. The molecule has 0 fully saturated rings. The van der Waals surface area contributed by atoms with Crippen LogP contribution in [0.3, 0.4) is 0 Å². The van der Waals surface area contributed by atoms with Gasteiger partial charge in [0.25, 0.3) is 0 Å². The van der Waals surface area contributed by atoms with Gasteiger partial charge in [-0.15, -0.1) is 0 Å². The SMILES string of the molecule is N#Cc1ncccc1-c1cc(N)ccc1F. The zero-order valence-electron chi connectivity index (χ0n) is 8.31. The number of rotatable bonds is 1. The molecule has 0 amide bonds. The van der Waals surface area contributed by atoms with Gasteiger partial charge in [0.15, 0.2) is 0 Å². The van der Waals surface area contributed by atoms with E-state index in [1.165, 1.54) is 24.4 Å². The smallest absolute Gasteiger partial charge is 0.148 e. The summed E-state index contributed by atoms with van der Waals surface area (Å²) in [4.78, 5) is 3.88. The highest BCUT2D eigenvalue weighted by Crippen LogP contribution is 2.26. The molecule has 0 spiro atoms. The van der Waals surface area contributed by atoms with Crippen molar-refractivity contribution in [3.63, 3.8) is 0 Å². The lowest BCUT2D eigenvalue weighted by molar-refractivity contribution is 0.631. The normalized spacial score (nSPS) is 9.75. The van der Waals surface area contributed by atoms with Crippen LogP contribution in [0.25, 0.3) is 11.1 Å². The Hall–Kier alpha value is -2.41. The fourth-order valence-electron chi connectivity index (χ4n) is 1.46. The molecule has 1 heterocycles. The van der Waals surface area contributed by atoms with Crippen molar-refractivity contribution < 1.29 is 4.39 Å². The minimum Gasteiger partial charge on any atom is -0.399 e. The second-order valence-electron chi connectivity index (χ2n) is 3.25. The highest BCUT2D eigenvalue weighted by atomic mass is 19.1. The van der Waals surface area contributed by atoms with Gasteiger partial charge in [0, 0.05) is 23.0 Å². The van der Waals surface area contributed by atoms with Gasteiger partial charge in [0.1, 0.15) is 17.6 Å². The lowest BCUT2D eigenvalue weighted by atomic mass is 10.0. The monoisotopic (exact) mass is 213 g/mol. The van der Waals surface area contributed by atoms with Crippen LogP contribution in [-0.4, -0.2) is 4.98 Å². The quantitative estimate of drug-likeness (QED) is 0.739. The number of aromatic nitrogens is 1. The van der Waals surface area contributed by atoms with Gasteiger partial charge in [-0.1, -0.05) is 0 Å². The van der Waals surface area contributed by atoms with E-state index in [0.717, 1.165) is 0 Å². The molecular formula is C12H8FN3. The van der Waals surface area contributed by atoms with Crippen LogP contribution in [-0.2, 0) is 0 Å².